The summed E-state index contributed by atoms with van der Waals surface area (Å²) in [5.41, 5.74) is 8.10. The third kappa shape index (κ3) is 2.76. The Morgan fingerprint density at radius 1 is 1.53 bits per heavy atom. The van der Waals surface area contributed by atoms with E-state index in [9.17, 15) is 0 Å². The van der Waals surface area contributed by atoms with Crippen molar-refractivity contribution in [3.8, 4) is 0 Å². The molecule has 1 aliphatic carbocycles. The fraction of sp³-hybridized carbons (Fsp3) is 0.583. The van der Waals surface area contributed by atoms with Crippen molar-refractivity contribution in [2.24, 2.45) is 5.73 Å². The van der Waals surface area contributed by atoms with Crippen LogP contribution in [0.5, 0.6) is 0 Å². The molecule has 0 spiro atoms. The molecule has 2 rings (SSSR count). The number of aryl methyl sites for hydroxylation is 1. The lowest BCUT2D eigenvalue weighted by atomic mass is 10.2. The van der Waals surface area contributed by atoms with Crippen molar-refractivity contribution in [2.45, 2.75) is 32.4 Å². The molecule has 0 amide bonds. The van der Waals surface area contributed by atoms with Gasteiger partial charge in [0.2, 0.25) is 0 Å². The molecule has 82 valence electrons. The molecule has 3 heteroatoms. The number of aromatic nitrogens is 1. The minimum atomic E-state index is 0.738. The second-order valence-electron chi connectivity index (χ2n) is 4.26. The van der Waals surface area contributed by atoms with Crippen LogP contribution in [0.1, 0.15) is 24.1 Å². The fourth-order valence-electron chi connectivity index (χ4n) is 1.87. The Morgan fingerprint density at radius 2 is 2.33 bits per heavy atom. The first-order chi connectivity index (χ1) is 7.31. The Balaban J connectivity index is 2.02. The summed E-state index contributed by atoms with van der Waals surface area (Å²) < 4.78 is 0. The van der Waals surface area contributed by atoms with E-state index >= 15 is 0 Å². The zero-order valence-electron chi connectivity index (χ0n) is 9.32. The maximum atomic E-state index is 5.62. The molecule has 15 heavy (non-hydrogen) atoms. The van der Waals surface area contributed by atoms with Gasteiger partial charge in [0.05, 0.1) is 5.69 Å². The van der Waals surface area contributed by atoms with Crippen LogP contribution in [0.3, 0.4) is 0 Å². The number of nitrogens with two attached hydrogens (primary N) is 1. The maximum absolute atomic E-state index is 5.62. The summed E-state index contributed by atoms with van der Waals surface area (Å²) in [6.45, 7) is 4.80. The molecule has 0 atom stereocenters. The molecule has 0 unspecified atom stereocenters. The minimum absolute atomic E-state index is 0.738. The summed E-state index contributed by atoms with van der Waals surface area (Å²) in [7, 11) is 0. The van der Waals surface area contributed by atoms with Gasteiger partial charge in [0.25, 0.3) is 0 Å². The van der Waals surface area contributed by atoms with Crippen molar-refractivity contribution >= 4 is 0 Å². The lowest BCUT2D eigenvalue weighted by Crippen LogP contribution is -2.31. The molecule has 1 aromatic rings. The lowest BCUT2D eigenvalue weighted by Gasteiger charge is -2.21. The lowest BCUT2D eigenvalue weighted by molar-refractivity contribution is 0.258. The number of hydrogen-bond acceptors (Lipinski definition) is 3. The highest BCUT2D eigenvalue weighted by Gasteiger charge is 2.28. The number of pyridine rings is 1. The summed E-state index contributed by atoms with van der Waals surface area (Å²) in [6, 6.07) is 4.87. The van der Waals surface area contributed by atoms with Crippen LogP contribution < -0.4 is 5.73 Å². The van der Waals surface area contributed by atoms with Gasteiger partial charge in [-0.2, -0.15) is 0 Å². The van der Waals surface area contributed by atoms with Crippen molar-refractivity contribution in [1.29, 1.82) is 0 Å². The summed E-state index contributed by atoms with van der Waals surface area (Å²) in [6.07, 6.45) is 4.52. The van der Waals surface area contributed by atoms with E-state index in [0.717, 1.165) is 25.7 Å². The molecule has 2 N–H and O–H groups in total. The van der Waals surface area contributed by atoms with Gasteiger partial charge in [-0.25, -0.2) is 0 Å². The number of hydrogen-bond donors (Lipinski definition) is 1. The van der Waals surface area contributed by atoms with Crippen LogP contribution >= 0.6 is 0 Å². The quantitative estimate of drug-likeness (QED) is 0.788. The molecule has 0 radical (unpaired) electrons. The molecular formula is C12H19N3. The highest BCUT2D eigenvalue weighted by Crippen LogP contribution is 2.27. The predicted molar refractivity (Wildman–Crippen MR) is 61.5 cm³/mol. The van der Waals surface area contributed by atoms with Crippen molar-refractivity contribution in [1.82, 2.24) is 9.88 Å². The second-order valence-corrected chi connectivity index (χ2v) is 4.26. The largest absolute Gasteiger partial charge is 0.329 e. The van der Waals surface area contributed by atoms with Gasteiger partial charge in [0.15, 0.2) is 0 Å². The molecule has 1 fully saturated rings. The first-order valence-electron chi connectivity index (χ1n) is 5.66. The normalized spacial score (nSPS) is 15.9. The van der Waals surface area contributed by atoms with E-state index in [0.29, 0.717) is 0 Å². The van der Waals surface area contributed by atoms with Gasteiger partial charge in [0, 0.05) is 31.9 Å². The maximum Gasteiger partial charge on any atom is 0.0573 e. The molecule has 3 nitrogen and oxygen atoms in total. The smallest absolute Gasteiger partial charge is 0.0573 e. The first-order valence-corrected chi connectivity index (χ1v) is 5.66. The summed E-state index contributed by atoms with van der Waals surface area (Å²) in [4.78, 5) is 6.88. The highest BCUT2D eigenvalue weighted by molar-refractivity contribution is 5.17. The Bertz CT molecular complexity index is 320. The summed E-state index contributed by atoms with van der Waals surface area (Å²) in [5.74, 6) is 0. The van der Waals surface area contributed by atoms with Crippen LogP contribution in [-0.4, -0.2) is 29.0 Å². The number of nitrogens with zero attached hydrogens (tertiary/aromatic N) is 2. The van der Waals surface area contributed by atoms with Gasteiger partial charge < -0.3 is 5.73 Å². The van der Waals surface area contributed by atoms with Gasteiger partial charge >= 0.3 is 0 Å². The molecule has 1 heterocycles. The van der Waals surface area contributed by atoms with Crippen LogP contribution in [0, 0.1) is 6.92 Å². The Labute approximate surface area is 91.3 Å². The topological polar surface area (TPSA) is 42.2 Å². The third-order valence-corrected chi connectivity index (χ3v) is 2.95. The molecule has 1 aromatic heterocycles. The van der Waals surface area contributed by atoms with Crippen LogP contribution in [0.2, 0.25) is 0 Å². The summed E-state index contributed by atoms with van der Waals surface area (Å²) in [5, 5.41) is 0. The zero-order chi connectivity index (χ0) is 10.7. The van der Waals surface area contributed by atoms with Crippen molar-refractivity contribution in [3.63, 3.8) is 0 Å². The van der Waals surface area contributed by atoms with E-state index in [1.165, 1.54) is 24.1 Å². The van der Waals surface area contributed by atoms with Gasteiger partial charge in [0.1, 0.15) is 0 Å². The van der Waals surface area contributed by atoms with E-state index in [2.05, 4.69) is 22.9 Å². The van der Waals surface area contributed by atoms with E-state index in [-0.39, 0.29) is 0 Å². The van der Waals surface area contributed by atoms with E-state index in [1.807, 2.05) is 12.3 Å². The fourth-order valence-corrected chi connectivity index (χ4v) is 1.87. The summed E-state index contributed by atoms with van der Waals surface area (Å²) >= 11 is 0. The minimum Gasteiger partial charge on any atom is -0.329 e. The average Bonchev–Trinajstić information content (AvgIpc) is 3.04. The van der Waals surface area contributed by atoms with Crippen molar-refractivity contribution in [3.05, 3.63) is 29.6 Å². The molecule has 1 saturated carbocycles. The van der Waals surface area contributed by atoms with Gasteiger partial charge in [-0.05, 0) is 31.4 Å². The molecule has 1 aliphatic rings. The van der Waals surface area contributed by atoms with Crippen LogP contribution in [0.4, 0.5) is 0 Å². The zero-order valence-corrected chi connectivity index (χ0v) is 9.32. The SMILES string of the molecule is Cc1cccnc1CN(CCN)C1CC1. The van der Waals surface area contributed by atoms with Gasteiger partial charge in [-0.1, -0.05) is 6.07 Å². The van der Waals surface area contributed by atoms with E-state index in [1.54, 1.807) is 0 Å². The van der Waals surface area contributed by atoms with Gasteiger partial charge in [-0.15, -0.1) is 0 Å². The van der Waals surface area contributed by atoms with Gasteiger partial charge in [-0.3, -0.25) is 9.88 Å². The van der Waals surface area contributed by atoms with E-state index in [4.69, 9.17) is 5.73 Å². The molecule has 0 bridgehead atoms. The van der Waals surface area contributed by atoms with Crippen LogP contribution in [0.15, 0.2) is 18.3 Å². The average molecular weight is 205 g/mol. The van der Waals surface area contributed by atoms with Crippen LogP contribution in [-0.2, 0) is 6.54 Å². The molecular weight excluding hydrogens is 186 g/mol. The Kier molecular flexibility index (Phi) is 3.34. The molecule has 0 saturated heterocycles. The standard InChI is InChI=1S/C12H19N3/c1-10-3-2-7-14-12(10)9-15(8-6-13)11-4-5-11/h2-3,7,11H,4-6,8-9,13H2,1H3. The van der Waals surface area contributed by atoms with E-state index < -0.39 is 0 Å². The Morgan fingerprint density at radius 3 is 2.93 bits per heavy atom. The predicted octanol–water partition coefficient (Wildman–Crippen LogP) is 1.31. The third-order valence-electron chi connectivity index (χ3n) is 2.95. The van der Waals surface area contributed by atoms with Crippen molar-refractivity contribution in [2.75, 3.05) is 13.1 Å². The Hall–Kier alpha value is -0.930. The molecule has 0 aliphatic heterocycles. The monoisotopic (exact) mass is 205 g/mol. The van der Waals surface area contributed by atoms with Crippen molar-refractivity contribution < 1.29 is 0 Å². The highest BCUT2D eigenvalue weighted by atomic mass is 15.2. The number of rotatable bonds is 5. The molecule has 0 aromatic carbocycles. The van der Waals surface area contributed by atoms with Crippen LogP contribution in [0.25, 0.3) is 0 Å². The second kappa shape index (κ2) is 4.73. The first kappa shape index (κ1) is 10.6.